The van der Waals surface area contributed by atoms with Gasteiger partial charge in [0.15, 0.2) is 5.82 Å². The number of anilines is 1. The summed E-state index contributed by atoms with van der Waals surface area (Å²) in [7, 11) is 3.30. The first-order chi connectivity index (χ1) is 19.5. The third-order valence-corrected chi connectivity index (χ3v) is 7.09. The lowest BCUT2D eigenvalue weighted by Gasteiger charge is -2.37. The van der Waals surface area contributed by atoms with Crippen LogP contribution in [0.1, 0.15) is 48.8 Å². The minimum atomic E-state index is -0.824. The highest BCUT2D eigenvalue weighted by atomic mass is 19.1. The van der Waals surface area contributed by atoms with Crippen molar-refractivity contribution >= 4 is 17.8 Å². The van der Waals surface area contributed by atoms with Crippen LogP contribution in [0.5, 0.6) is 0 Å². The van der Waals surface area contributed by atoms with E-state index >= 15 is 4.39 Å². The van der Waals surface area contributed by atoms with Gasteiger partial charge >= 0.3 is 6.09 Å². The van der Waals surface area contributed by atoms with Gasteiger partial charge in [-0.25, -0.2) is 23.8 Å². The highest BCUT2D eigenvalue weighted by Gasteiger charge is 2.39. The van der Waals surface area contributed by atoms with E-state index in [1.807, 2.05) is 6.07 Å². The van der Waals surface area contributed by atoms with Crippen LogP contribution in [-0.4, -0.2) is 76.8 Å². The number of imide groups is 1. The maximum absolute atomic E-state index is 15.1. The molecule has 11 nitrogen and oxygen atoms in total. The standard InChI is InChI=1S/C29H31FN6O5/c1-29(2,3)41-28(38)35-15-20-26(27(35)37)21(13-19(32-20)25-17(14-31)7-6-8-18(25)30)36-12-10-24(33-36)34-11-9-22(39-4)23(16-34)40-5/h6-8,10,12-13,22-23H,9,11,15-16H2,1-5H3/t22-,23+/m1/s1. The summed E-state index contributed by atoms with van der Waals surface area (Å²) in [5.41, 5.74) is 0.105. The Labute approximate surface area is 237 Å². The minimum absolute atomic E-state index is 0.000768. The van der Waals surface area contributed by atoms with Crippen LogP contribution in [0.25, 0.3) is 16.9 Å². The van der Waals surface area contributed by atoms with Gasteiger partial charge in [-0.1, -0.05) is 6.07 Å². The fraction of sp³-hybridized carbons (Fsp3) is 0.414. The number of carbonyl (C=O) groups excluding carboxylic acids is 2. The SMILES string of the molecule is CO[C@H]1CN(c2ccn(-c3cc(-c4c(F)cccc4C#N)nc4c3C(=O)N(C(=O)OC(C)(C)C)C4)n2)CC[C@H]1OC. The Morgan fingerprint density at radius 3 is 2.59 bits per heavy atom. The van der Waals surface area contributed by atoms with E-state index in [4.69, 9.17) is 19.3 Å². The quantitative estimate of drug-likeness (QED) is 0.453. The van der Waals surface area contributed by atoms with Crippen molar-refractivity contribution in [2.24, 2.45) is 0 Å². The van der Waals surface area contributed by atoms with Crippen LogP contribution in [-0.2, 0) is 20.8 Å². The summed E-state index contributed by atoms with van der Waals surface area (Å²) >= 11 is 0. The maximum atomic E-state index is 15.1. The van der Waals surface area contributed by atoms with E-state index in [0.29, 0.717) is 24.6 Å². The predicted octanol–water partition coefficient (Wildman–Crippen LogP) is 4.08. The molecule has 1 saturated heterocycles. The average molecular weight is 563 g/mol. The van der Waals surface area contributed by atoms with Gasteiger partial charge in [-0.3, -0.25) is 4.79 Å². The van der Waals surface area contributed by atoms with E-state index in [-0.39, 0.29) is 46.8 Å². The smallest absolute Gasteiger partial charge is 0.417 e. The van der Waals surface area contributed by atoms with Gasteiger partial charge in [-0.15, -0.1) is 0 Å². The monoisotopic (exact) mass is 562 g/mol. The van der Waals surface area contributed by atoms with Crippen LogP contribution in [0.15, 0.2) is 36.5 Å². The lowest BCUT2D eigenvalue weighted by Crippen LogP contribution is -2.48. The summed E-state index contributed by atoms with van der Waals surface area (Å²) in [5, 5.41) is 14.4. The third kappa shape index (κ3) is 5.38. The molecule has 2 aliphatic heterocycles. The molecule has 5 rings (SSSR count). The molecule has 214 valence electrons. The van der Waals surface area contributed by atoms with Crippen molar-refractivity contribution in [1.29, 1.82) is 5.26 Å². The molecule has 0 unspecified atom stereocenters. The number of benzene rings is 1. The maximum Gasteiger partial charge on any atom is 0.417 e. The summed E-state index contributed by atoms with van der Waals surface area (Å²) < 4.78 is 33.2. The van der Waals surface area contributed by atoms with E-state index in [1.54, 1.807) is 47.3 Å². The van der Waals surface area contributed by atoms with Gasteiger partial charge in [-0.2, -0.15) is 10.4 Å². The van der Waals surface area contributed by atoms with Gasteiger partial charge in [0.05, 0.1) is 52.5 Å². The predicted molar refractivity (Wildman–Crippen MR) is 146 cm³/mol. The number of carbonyl (C=O) groups is 2. The zero-order chi connectivity index (χ0) is 29.5. The van der Waals surface area contributed by atoms with Crippen molar-refractivity contribution in [2.45, 2.75) is 51.5 Å². The highest BCUT2D eigenvalue weighted by molar-refractivity contribution is 6.08. The van der Waals surface area contributed by atoms with Gasteiger partial charge in [0.2, 0.25) is 0 Å². The number of aromatic nitrogens is 3. The summed E-state index contributed by atoms with van der Waals surface area (Å²) in [6.07, 6.45) is 1.43. The minimum Gasteiger partial charge on any atom is -0.443 e. The third-order valence-electron chi connectivity index (χ3n) is 7.09. The first-order valence-corrected chi connectivity index (χ1v) is 13.2. The van der Waals surface area contributed by atoms with Crippen molar-refractivity contribution in [3.8, 4) is 23.0 Å². The number of fused-ring (bicyclic) bond motifs is 1. The van der Waals surface area contributed by atoms with Gasteiger partial charge < -0.3 is 19.1 Å². The number of rotatable bonds is 5. The molecule has 1 fully saturated rings. The Balaban J connectivity index is 1.59. The zero-order valence-corrected chi connectivity index (χ0v) is 23.5. The summed E-state index contributed by atoms with van der Waals surface area (Å²) in [4.78, 5) is 34.1. The van der Waals surface area contributed by atoms with Crippen molar-refractivity contribution in [3.63, 3.8) is 0 Å². The fourth-order valence-electron chi connectivity index (χ4n) is 5.15. The summed E-state index contributed by atoms with van der Waals surface area (Å²) in [6, 6.07) is 9.50. The van der Waals surface area contributed by atoms with Gasteiger partial charge in [0, 0.05) is 39.6 Å². The molecule has 41 heavy (non-hydrogen) atoms. The Kier molecular flexibility index (Phi) is 7.50. The molecular weight excluding hydrogens is 531 g/mol. The topological polar surface area (TPSA) is 123 Å². The summed E-state index contributed by atoms with van der Waals surface area (Å²) in [6.45, 7) is 6.18. The Morgan fingerprint density at radius 2 is 1.90 bits per heavy atom. The van der Waals surface area contributed by atoms with Crippen molar-refractivity contribution in [2.75, 3.05) is 32.2 Å². The molecule has 1 aromatic carbocycles. The number of hydrogen-bond acceptors (Lipinski definition) is 9. The molecule has 0 bridgehead atoms. The van der Waals surface area contributed by atoms with Crippen LogP contribution in [0.2, 0.25) is 0 Å². The number of hydrogen-bond donors (Lipinski definition) is 0. The number of halogens is 1. The second kappa shape index (κ2) is 10.9. The van der Waals surface area contributed by atoms with Gasteiger partial charge in [0.25, 0.3) is 5.91 Å². The number of ether oxygens (including phenoxy) is 3. The second-order valence-electron chi connectivity index (χ2n) is 10.9. The highest BCUT2D eigenvalue weighted by Crippen LogP contribution is 2.35. The summed E-state index contributed by atoms with van der Waals surface area (Å²) in [5.74, 6) is -0.593. The van der Waals surface area contributed by atoms with Crippen LogP contribution < -0.4 is 4.90 Å². The Morgan fingerprint density at radius 1 is 1.15 bits per heavy atom. The molecule has 0 N–H and O–H groups in total. The van der Waals surface area contributed by atoms with E-state index in [0.717, 1.165) is 11.3 Å². The van der Waals surface area contributed by atoms with Crippen LogP contribution in [0.4, 0.5) is 15.0 Å². The molecule has 12 heteroatoms. The van der Waals surface area contributed by atoms with E-state index in [2.05, 4.69) is 9.88 Å². The van der Waals surface area contributed by atoms with E-state index in [9.17, 15) is 14.9 Å². The largest absolute Gasteiger partial charge is 0.443 e. The van der Waals surface area contributed by atoms with Crippen LogP contribution >= 0.6 is 0 Å². The molecule has 0 radical (unpaired) electrons. The second-order valence-corrected chi connectivity index (χ2v) is 10.9. The number of piperidine rings is 1. The molecule has 4 heterocycles. The molecule has 2 amide bonds. The number of pyridine rings is 1. The number of nitrogens with zero attached hydrogens (tertiary/aromatic N) is 6. The number of methoxy groups -OCH3 is 2. The molecule has 2 aromatic heterocycles. The van der Waals surface area contributed by atoms with Crippen LogP contribution in [0, 0.1) is 17.1 Å². The lowest BCUT2D eigenvalue weighted by molar-refractivity contribution is -0.0442. The fourth-order valence-corrected chi connectivity index (χ4v) is 5.15. The number of amides is 2. The molecule has 2 atom stereocenters. The van der Waals surface area contributed by atoms with Crippen molar-refractivity contribution < 1.29 is 28.2 Å². The molecule has 2 aliphatic rings. The first-order valence-electron chi connectivity index (χ1n) is 13.2. The van der Waals surface area contributed by atoms with Crippen molar-refractivity contribution in [1.82, 2.24) is 19.7 Å². The molecule has 0 aliphatic carbocycles. The Hall–Kier alpha value is -4.34. The molecule has 0 spiro atoms. The molecular formula is C29H31FN6O5. The van der Waals surface area contributed by atoms with Gasteiger partial charge in [-0.05, 0) is 45.4 Å². The molecule has 3 aromatic rings. The lowest BCUT2D eigenvalue weighted by atomic mass is 10.0. The average Bonchev–Trinajstić information content (AvgIpc) is 3.56. The normalized spacial score (nSPS) is 18.8. The van der Waals surface area contributed by atoms with Crippen molar-refractivity contribution in [3.05, 3.63) is 59.2 Å². The first kappa shape index (κ1) is 28.2. The van der Waals surface area contributed by atoms with E-state index < -0.39 is 23.4 Å². The molecule has 0 saturated carbocycles. The zero-order valence-electron chi connectivity index (χ0n) is 23.5. The van der Waals surface area contributed by atoms with E-state index in [1.165, 1.54) is 28.9 Å². The Bertz CT molecular complexity index is 1540. The van der Waals surface area contributed by atoms with Gasteiger partial charge in [0.1, 0.15) is 17.5 Å². The van der Waals surface area contributed by atoms with Crippen LogP contribution in [0.3, 0.4) is 0 Å². The number of nitriles is 1.